The van der Waals surface area contributed by atoms with E-state index in [0.717, 1.165) is 11.4 Å². The average molecular weight is 231 g/mol. The summed E-state index contributed by atoms with van der Waals surface area (Å²) in [5.74, 6) is 0. The molecule has 1 rings (SSSR count). The Hall–Kier alpha value is -0.720. The Bertz CT molecular complexity index is 301. The molecular weight excluding hydrogens is 214 g/mol. The van der Waals surface area contributed by atoms with E-state index in [-0.39, 0.29) is 5.60 Å². The zero-order valence-electron chi connectivity index (χ0n) is 9.32. The van der Waals surface area contributed by atoms with Crippen LogP contribution in [0.2, 0.25) is 0 Å². The minimum Gasteiger partial charge on any atom is -0.469 e. The van der Waals surface area contributed by atoms with Crippen molar-refractivity contribution in [2.75, 3.05) is 13.7 Å². The van der Waals surface area contributed by atoms with Crippen molar-refractivity contribution in [2.24, 2.45) is 5.73 Å². The molecule has 0 spiro atoms. The van der Waals surface area contributed by atoms with Crippen LogP contribution in [-0.2, 0) is 11.3 Å². The molecule has 0 saturated heterocycles. The van der Waals surface area contributed by atoms with E-state index in [9.17, 15) is 0 Å². The molecule has 15 heavy (non-hydrogen) atoms. The number of aromatic nitrogens is 2. The van der Waals surface area contributed by atoms with Crippen molar-refractivity contribution in [1.29, 1.82) is 0 Å². The molecule has 0 aromatic carbocycles. The van der Waals surface area contributed by atoms with E-state index in [2.05, 4.69) is 10.2 Å². The molecule has 0 aliphatic carbocycles. The maximum atomic E-state index is 5.44. The number of ether oxygens (including phenoxy) is 2. The molecule has 1 aromatic rings. The van der Waals surface area contributed by atoms with Crippen molar-refractivity contribution in [1.82, 2.24) is 10.2 Å². The number of nitrogens with zero attached hydrogens (tertiary/aromatic N) is 2. The summed E-state index contributed by atoms with van der Waals surface area (Å²) >= 11 is 1.38. The van der Waals surface area contributed by atoms with E-state index in [1.165, 1.54) is 11.3 Å². The lowest BCUT2D eigenvalue weighted by Crippen LogP contribution is -2.25. The second-order valence-electron chi connectivity index (χ2n) is 3.73. The Morgan fingerprint density at radius 3 is 2.67 bits per heavy atom. The quantitative estimate of drug-likeness (QED) is 0.796. The number of hydrogen-bond acceptors (Lipinski definition) is 6. The van der Waals surface area contributed by atoms with Gasteiger partial charge in [0.05, 0.1) is 12.2 Å². The Balaban J connectivity index is 2.31. The third kappa shape index (κ3) is 4.11. The fraction of sp³-hybridized carbons (Fsp3) is 0.778. The van der Waals surface area contributed by atoms with Gasteiger partial charge in [0.15, 0.2) is 0 Å². The van der Waals surface area contributed by atoms with Crippen LogP contribution in [0.5, 0.6) is 5.19 Å². The van der Waals surface area contributed by atoms with Crippen LogP contribution in [0.25, 0.3) is 0 Å². The molecule has 5 nitrogen and oxygen atoms in total. The molecule has 0 aliphatic rings. The van der Waals surface area contributed by atoms with Crippen molar-refractivity contribution in [2.45, 2.75) is 32.4 Å². The normalized spacial score (nSPS) is 11.7. The van der Waals surface area contributed by atoms with Crippen LogP contribution < -0.4 is 10.5 Å². The first kappa shape index (κ1) is 12.4. The zero-order chi connectivity index (χ0) is 11.3. The Kier molecular flexibility index (Phi) is 4.44. The summed E-state index contributed by atoms with van der Waals surface area (Å²) in [7, 11) is 1.69. The van der Waals surface area contributed by atoms with Crippen LogP contribution >= 0.6 is 11.3 Å². The van der Waals surface area contributed by atoms with Gasteiger partial charge in [-0.1, -0.05) is 11.3 Å². The molecule has 0 radical (unpaired) electrons. The van der Waals surface area contributed by atoms with Crippen LogP contribution in [0.15, 0.2) is 0 Å². The first-order valence-electron chi connectivity index (χ1n) is 4.78. The Labute approximate surface area is 93.6 Å². The van der Waals surface area contributed by atoms with Crippen molar-refractivity contribution in [3.63, 3.8) is 0 Å². The van der Waals surface area contributed by atoms with E-state index in [0.29, 0.717) is 18.3 Å². The van der Waals surface area contributed by atoms with E-state index < -0.39 is 0 Å². The monoisotopic (exact) mass is 231 g/mol. The van der Waals surface area contributed by atoms with Gasteiger partial charge >= 0.3 is 0 Å². The number of methoxy groups -OCH3 is 1. The molecule has 0 fully saturated rings. The largest absolute Gasteiger partial charge is 0.469 e. The van der Waals surface area contributed by atoms with Crippen molar-refractivity contribution >= 4 is 11.3 Å². The summed E-state index contributed by atoms with van der Waals surface area (Å²) in [6.45, 7) is 5.01. The summed E-state index contributed by atoms with van der Waals surface area (Å²) in [6.07, 6.45) is 0.807. The molecular formula is C9H17N3O2S. The van der Waals surface area contributed by atoms with E-state index in [1.807, 2.05) is 13.8 Å². The Morgan fingerprint density at radius 1 is 1.40 bits per heavy atom. The molecule has 0 atom stereocenters. The lowest BCUT2D eigenvalue weighted by Gasteiger charge is -2.21. The maximum absolute atomic E-state index is 5.44. The Morgan fingerprint density at radius 2 is 2.13 bits per heavy atom. The molecule has 0 bridgehead atoms. The molecule has 86 valence electrons. The third-order valence-electron chi connectivity index (χ3n) is 2.11. The topological polar surface area (TPSA) is 70.3 Å². The smallest absolute Gasteiger partial charge is 0.294 e. The van der Waals surface area contributed by atoms with Gasteiger partial charge in [0.2, 0.25) is 0 Å². The molecule has 1 heterocycles. The van der Waals surface area contributed by atoms with Gasteiger partial charge in [0, 0.05) is 20.1 Å². The lowest BCUT2D eigenvalue weighted by molar-refractivity contribution is 0.00538. The van der Waals surface area contributed by atoms with Gasteiger partial charge in [-0.05, 0) is 13.8 Å². The first-order valence-corrected chi connectivity index (χ1v) is 5.59. The van der Waals surface area contributed by atoms with Gasteiger partial charge in [-0.3, -0.25) is 0 Å². The summed E-state index contributed by atoms with van der Waals surface area (Å²) < 4.78 is 10.7. The van der Waals surface area contributed by atoms with Crippen molar-refractivity contribution in [3.05, 3.63) is 5.01 Å². The molecule has 0 saturated carbocycles. The highest BCUT2D eigenvalue weighted by atomic mass is 32.1. The highest BCUT2D eigenvalue weighted by molar-refractivity contribution is 7.13. The molecule has 6 heteroatoms. The van der Waals surface area contributed by atoms with Gasteiger partial charge in [0.25, 0.3) is 5.19 Å². The second-order valence-corrected chi connectivity index (χ2v) is 4.75. The van der Waals surface area contributed by atoms with E-state index >= 15 is 0 Å². The van der Waals surface area contributed by atoms with Gasteiger partial charge in [0.1, 0.15) is 5.01 Å². The predicted molar refractivity (Wildman–Crippen MR) is 59.0 cm³/mol. The fourth-order valence-electron chi connectivity index (χ4n) is 0.865. The van der Waals surface area contributed by atoms with Crippen LogP contribution in [0.1, 0.15) is 25.3 Å². The van der Waals surface area contributed by atoms with Crippen LogP contribution in [-0.4, -0.2) is 29.5 Å². The summed E-state index contributed by atoms with van der Waals surface area (Å²) in [5.41, 5.74) is 5.25. The summed E-state index contributed by atoms with van der Waals surface area (Å²) in [5, 5.41) is 9.07. The highest BCUT2D eigenvalue weighted by Gasteiger charge is 2.16. The van der Waals surface area contributed by atoms with Crippen LogP contribution in [0.4, 0.5) is 0 Å². The highest BCUT2D eigenvalue weighted by Crippen LogP contribution is 2.19. The third-order valence-corrected chi connectivity index (χ3v) is 2.96. The van der Waals surface area contributed by atoms with Crippen LogP contribution in [0, 0.1) is 0 Å². The zero-order valence-corrected chi connectivity index (χ0v) is 10.1. The maximum Gasteiger partial charge on any atom is 0.294 e. The van der Waals surface area contributed by atoms with Crippen molar-refractivity contribution < 1.29 is 9.47 Å². The van der Waals surface area contributed by atoms with Crippen LogP contribution in [0.3, 0.4) is 0 Å². The molecule has 0 unspecified atom stereocenters. The standard InChI is InChI=1S/C9H17N3O2S/c1-9(2,13-3)4-5-14-8-12-11-7(6-10)15-8/h4-6,10H2,1-3H3. The number of rotatable bonds is 6. The predicted octanol–water partition coefficient (Wildman–Crippen LogP) is 1.19. The number of nitrogens with two attached hydrogens (primary N) is 1. The average Bonchev–Trinajstić information content (AvgIpc) is 2.66. The molecule has 0 aliphatic heterocycles. The summed E-state index contributed by atoms with van der Waals surface area (Å²) in [6, 6.07) is 0. The van der Waals surface area contributed by atoms with Gasteiger partial charge in [-0.2, -0.15) is 0 Å². The van der Waals surface area contributed by atoms with E-state index in [4.69, 9.17) is 15.2 Å². The molecule has 2 N–H and O–H groups in total. The second kappa shape index (κ2) is 5.39. The first-order chi connectivity index (χ1) is 7.07. The fourth-order valence-corrected chi connectivity index (χ4v) is 1.46. The minimum absolute atomic E-state index is 0.165. The SMILES string of the molecule is COC(C)(C)CCOc1nnc(CN)s1. The van der Waals surface area contributed by atoms with Crippen molar-refractivity contribution in [3.8, 4) is 5.19 Å². The van der Waals surface area contributed by atoms with E-state index in [1.54, 1.807) is 7.11 Å². The molecule has 1 aromatic heterocycles. The number of hydrogen-bond donors (Lipinski definition) is 1. The van der Waals surface area contributed by atoms with Gasteiger partial charge < -0.3 is 15.2 Å². The lowest BCUT2D eigenvalue weighted by atomic mass is 10.1. The minimum atomic E-state index is -0.165. The molecule has 0 amide bonds. The van der Waals surface area contributed by atoms with Gasteiger partial charge in [-0.15, -0.1) is 10.2 Å². The summed E-state index contributed by atoms with van der Waals surface area (Å²) in [4.78, 5) is 0. The van der Waals surface area contributed by atoms with Gasteiger partial charge in [-0.25, -0.2) is 0 Å².